The molecule has 1 aromatic carbocycles. The number of amides is 2. The summed E-state index contributed by atoms with van der Waals surface area (Å²) < 4.78 is 0. The van der Waals surface area contributed by atoms with Crippen LogP contribution in [0.5, 0.6) is 0 Å². The lowest BCUT2D eigenvalue weighted by Gasteiger charge is -2.36. The van der Waals surface area contributed by atoms with Gasteiger partial charge < -0.3 is 15.1 Å². The Morgan fingerprint density at radius 3 is 2.76 bits per heavy atom. The standard InChI is InChI=1S/C16H23N3O2/c1-12-8-9-13-6-4-5-7-14(13)19(12)11-15(20)17-10-16(21)18(2)3/h4-7,12H,8-11H2,1-3H3,(H,17,20)/t12-/m1/s1. The van der Waals surface area contributed by atoms with Crippen molar-refractivity contribution in [3.8, 4) is 0 Å². The summed E-state index contributed by atoms with van der Waals surface area (Å²) in [4.78, 5) is 27.2. The van der Waals surface area contributed by atoms with Crippen molar-refractivity contribution in [1.29, 1.82) is 0 Å². The summed E-state index contributed by atoms with van der Waals surface area (Å²) in [6, 6.07) is 8.53. The number of likely N-dealkylation sites (N-methyl/N-ethyl adjacent to an activating group) is 1. The number of carbonyl (C=O) groups is 2. The molecule has 1 heterocycles. The van der Waals surface area contributed by atoms with E-state index < -0.39 is 0 Å². The van der Waals surface area contributed by atoms with E-state index in [1.807, 2.05) is 12.1 Å². The Hall–Kier alpha value is -2.04. The molecule has 5 nitrogen and oxygen atoms in total. The molecule has 5 heteroatoms. The van der Waals surface area contributed by atoms with Gasteiger partial charge in [-0.15, -0.1) is 0 Å². The van der Waals surface area contributed by atoms with Gasteiger partial charge in [0, 0.05) is 25.8 Å². The largest absolute Gasteiger partial charge is 0.359 e. The second kappa shape index (κ2) is 6.61. The average molecular weight is 289 g/mol. The highest BCUT2D eigenvalue weighted by Crippen LogP contribution is 2.29. The third-order valence-electron chi connectivity index (χ3n) is 3.91. The Labute approximate surface area is 125 Å². The molecule has 0 aliphatic carbocycles. The maximum absolute atomic E-state index is 12.1. The summed E-state index contributed by atoms with van der Waals surface area (Å²) in [7, 11) is 3.36. The summed E-state index contributed by atoms with van der Waals surface area (Å²) >= 11 is 0. The predicted molar refractivity (Wildman–Crippen MR) is 83.3 cm³/mol. The summed E-state index contributed by atoms with van der Waals surface area (Å²) in [6.45, 7) is 2.47. The molecule has 0 unspecified atom stereocenters. The minimum atomic E-state index is -0.117. The molecule has 1 N–H and O–H groups in total. The fraction of sp³-hybridized carbons (Fsp3) is 0.500. The maximum Gasteiger partial charge on any atom is 0.241 e. The van der Waals surface area contributed by atoms with E-state index >= 15 is 0 Å². The lowest BCUT2D eigenvalue weighted by atomic mass is 9.97. The molecule has 1 aliphatic heterocycles. The molecule has 0 spiro atoms. The van der Waals surface area contributed by atoms with E-state index in [1.165, 1.54) is 10.5 Å². The van der Waals surface area contributed by atoms with Crippen LogP contribution in [0.3, 0.4) is 0 Å². The molecule has 0 radical (unpaired) electrons. The van der Waals surface area contributed by atoms with Crippen LogP contribution < -0.4 is 10.2 Å². The lowest BCUT2D eigenvalue weighted by molar-refractivity contribution is -0.130. The number of nitrogens with one attached hydrogen (secondary N) is 1. The van der Waals surface area contributed by atoms with E-state index in [1.54, 1.807) is 14.1 Å². The molecule has 1 aliphatic rings. The Balaban J connectivity index is 1.99. The van der Waals surface area contributed by atoms with Gasteiger partial charge in [0.25, 0.3) is 0 Å². The first-order valence-electron chi connectivity index (χ1n) is 7.30. The zero-order valence-corrected chi connectivity index (χ0v) is 12.9. The van der Waals surface area contributed by atoms with Gasteiger partial charge in [-0.05, 0) is 31.4 Å². The SMILES string of the molecule is C[C@@H]1CCc2ccccc2N1CC(=O)NCC(=O)N(C)C. The van der Waals surface area contributed by atoms with Crippen LogP contribution in [0.2, 0.25) is 0 Å². The van der Waals surface area contributed by atoms with E-state index in [-0.39, 0.29) is 18.4 Å². The molecule has 1 atom stereocenters. The first kappa shape index (κ1) is 15.4. The highest BCUT2D eigenvalue weighted by Gasteiger charge is 2.24. The second-order valence-electron chi connectivity index (χ2n) is 5.71. The van der Waals surface area contributed by atoms with Crippen LogP contribution in [0.15, 0.2) is 24.3 Å². The zero-order valence-electron chi connectivity index (χ0n) is 12.9. The van der Waals surface area contributed by atoms with Crippen LogP contribution in [0.4, 0.5) is 5.69 Å². The Kier molecular flexibility index (Phi) is 4.83. The summed E-state index contributed by atoms with van der Waals surface area (Å²) in [6.07, 6.45) is 2.09. The van der Waals surface area contributed by atoms with Crippen LogP contribution in [0, 0.1) is 0 Å². The second-order valence-corrected chi connectivity index (χ2v) is 5.71. The molecule has 114 valence electrons. The van der Waals surface area contributed by atoms with Gasteiger partial charge >= 0.3 is 0 Å². The van der Waals surface area contributed by atoms with Gasteiger partial charge in [-0.25, -0.2) is 0 Å². The smallest absolute Gasteiger partial charge is 0.241 e. The van der Waals surface area contributed by atoms with Crippen LogP contribution in [-0.2, 0) is 16.0 Å². The Bertz CT molecular complexity index is 528. The van der Waals surface area contributed by atoms with Crippen LogP contribution in [0.1, 0.15) is 18.9 Å². The van der Waals surface area contributed by atoms with Gasteiger partial charge in [0.05, 0.1) is 13.1 Å². The lowest BCUT2D eigenvalue weighted by Crippen LogP contribution is -2.46. The van der Waals surface area contributed by atoms with Gasteiger partial charge in [-0.3, -0.25) is 9.59 Å². The zero-order chi connectivity index (χ0) is 15.4. The topological polar surface area (TPSA) is 52.7 Å². The third kappa shape index (κ3) is 3.74. The van der Waals surface area contributed by atoms with Gasteiger partial charge in [0.2, 0.25) is 11.8 Å². The van der Waals surface area contributed by atoms with E-state index in [9.17, 15) is 9.59 Å². The van der Waals surface area contributed by atoms with Crippen molar-refractivity contribution >= 4 is 17.5 Å². The number of para-hydroxylation sites is 1. The number of hydrogen-bond acceptors (Lipinski definition) is 3. The Morgan fingerprint density at radius 1 is 1.33 bits per heavy atom. The van der Waals surface area contributed by atoms with E-state index in [0.717, 1.165) is 18.5 Å². The number of nitrogens with zero attached hydrogens (tertiary/aromatic N) is 2. The molecule has 21 heavy (non-hydrogen) atoms. The number of anilines is 1. The summed E-state index contributed by atoms with van der Waals surface area (Å²) in [5, 5.41) is 2.69. The molecule has 0 fully saturated rings. The first-order valence-corrected chi connectivity index (χ1v) is 7.30. The van der Waals surface area contributed by atoms with Gasteiger partial charge in [0.15, 0.2) is 0 Å². The summed E-state index contributed by atoms with van der Waals surface area (Å²) in [5.41, 5.74) is 2.41. The summed E-state index contributed by atoms with van der Waals surface area (Å²) in [5.74, 6) is -0.218. The van der Waals surface area contributed by atoms with Crippen molar-refractivity contribution in [2.75, 3.05) is 32.1 Å². The van der Waals surface area contributed by atoms with Crippen molar-refractivity contribution in [2.45, 2.75) is 25.8 Å². The first-order chi connectivity index (χ1) is 9.99. The van der Waals surface area contributed by atoms with Gasteiger partial charge in [-0.1, -0.05) is 18.2 Å². The van der Waals surface area contributed by atoms with Crippen LogP contribution in [0.25, 0.3) is 0 Å². The Morgan fingerprint density at radius 2 is 2.05 bits per heavy atom. The number of carbonyl (C=O) groups excluding carboxylic acids is 2. The third-order valence-corrected chi connectivity index (χ3v) is 3.91. The quantitative estimate of drug-likeness (QED) is 0.901. The monoisotopic (exact) mass is 289 g/mol. The maximum atomic E-state index is 12.1. The van der Waals surface area contributed by atoms with Gasteiger partial charge in [0.1, 0.15) is 0 Å². The van der Waals surface area contributed by atoms with Crippen molar-refractivity contribution in [3.63, 3.8) is 0 Å². The van der Waals surface area contributed by atoms with Crippen molar-refractivity contribution < 1.29 is 9.59 Å². The van der Waals surface area contributed by atoms with Crippen molar-refractivity contribution in [3.05, 3.63) is 29.8 Å². The van der Waals surface area contributed by atoms with Gasteiger partial charge in [-0.2, -0.15) is 0 Å². The fourth-order valence-electron chi connectivity index (χ4n) is 2.54. The molecular weight excluding hydrogens is 266 g/mol. The van der Waals surface area contributed by atoms with Crippen LogP contribution in [-0.4, -0.2) is 49.9 Å². The predicted octanol–water partition coefficient (Wildman–Crippen LogP) is 1.03. The van der Waals surface area contributed by atoms with Crippen molar-refractivity contribution in [1.82, 2.24) is 10.2 Å². The molecule has 1 aromatic rings. The van der Waals surface area contributed by atoms with E-state index in [0.29, 0.717) is 12.6 Å². The number of rotatable bonds is 4. The molecule has 0 bridgehead atoms. The fourth-order valence-corrected chi connectivity index (χ4v) is 2.54. The average Bonchev–Trinajstić information content (AvgIpc) is 2.47. The minimum absolute atomic E-state index is 0.0513. The highest BCUT2D eigenvalue weighted by atomic mass is 16.2. The molecule has 2 rings (SSSR count). The molecule has 0 aromatic heterocycles. The highest BCUT2D eigenvalue weighted by molar-refractivity contribution is 5.87. The number of aryl methyl sites for hydroxylation is 1. The number of fused-ring (bicyclic) bond motifs is 1. The minimum Gasteiger partial charge on any atom is -0.359 e. The molecular formula is C16H23N3O2. The molecule has 0 saturated heterocycles. The number of benzene rings is 1. The number of hydrogen-bond donors (Lipinski definition) is 1. The molecule has 2 amide bonds. The van der Waals surface area contributed by atoms with Crippen molar-refractivity contribution in [2.24, 2.45) is 0 Å². The van der Waals surface area contributed by atoms with Crippen LogP contribution >= 0.6 is 0 Å². The van der Waals surface area contributed by atoms with E-state index in [4.69, 9.17) is 0 Å². The normalized spacial score (nSPS) is 17.1. The van der Waals surface area contributed by atoms with E-state index in [2.05, 4.69) is 29.3 Å². The molecule has 0 saturated carbocycles.